The van der Waals surface area contributed by atoms with Crippen LogP contribution in [0.1, 0.15) is 23.7 Å². The van der Waals surface area contributed by atoms with Crippen LogP contribution in [-0.4, -0.2) is 30.5 Å². The summed E-state index contributed by atoms with van der Waals surface area (Å²) < 4.78 is 5.20. The number of rotatable bonds is 7. The van der Waals surface area contributed by atoms with Gasteiger partial charge in [0.25, 0.3) is 11.5 Å². The molecule has 120 valence electrons. The number of amides is 1. The summed E-state index contributed by atoms with van der Waals surface area (Å²) in [6, 6.07) is 6.64. The number of furan rings is 1. The van der Waals surface area contributed by atoms with Gasteiger partial charge >= 0.3 is 0 Å². The smallest absolute Gasteiger partial charge is 0.261 e. The SMILES string of the molecule is CCCNCCNC(=O)c1ccc(-c2ccco2)[nH]c1=O.Cl. The maximum absolute atomic E-state index is 11.9. The number of hydrogen-bond donors (Lipinski definition) is 3. The molecule has 2 aromatic rings. The van der Waals surface area contributed by atoms with Crippen LogP contribution in [-0.2, 0) is 0 Å². The first-order chi connectivity index (χ1) is 10.2. The van der Waals surface area contributed by atoms with Crippen LogP contribution < -0.4 is 16.2 Å². The van der Waals surface area contributed by atoms with Crippen LogP contribution in [0.4, 0.5) is 0 Å². The van der Waals surface area contributed by atoms with Gasteiger partial charge in [0.2, 0.25) is 0 Å². The fourth-order valence-corrected chi connectivity index (χ4v) is 1.89. The van der Waals surface area contributed by atoms with E-state index >= 15 is 0 Å². The van der Waals surface area contributed by atoms with Gasteiger partial charge in [-0.15, -0.1) is 12.4 Å². The highest BCUT2D eigenvalue weighted by molar-refractivity contribution is 5.94. The first kappa shape index (κ1) is 18.0. The first-order valence-electron chi connectivity index (χ1n) is 6.98. The molecule has 0 fully saturated rings. The van der Waals surface area contributed by atoms with E-state index in [1.165, 1.54) is 12.3 Å². The molecule has 7 heteroatoms. The lowest BCUT2D eigenvalue weighted by Gasteiger charge is -2.06. The Morgan fingerprint density at radius 1 is 1.23 bits per heavy atom. The first-order valence-corrected chi connectivity index (χ1v) is 6.98. The maximum Gasteiger partial charge on any atom is 0.261 e. The summed E-state index contributed by atoms with van der Waals surface area (Å²) in [7, 11) is 0. The number of nitrogens with one attached hydrogen (secondary N) is 3. The van der Waals surface area contributed by atoms with Gasteiger partial charge in [-0.05, 0) is 37.2 Å². The molecule has 0 radical (unpaired) electrons. The van der Waals surface area contributed by atoms with Crippen LogP contribution in [0.25, 0.3) is 11.5 Å². The van der Waals surface area contributed by atoms with Crippen LogP contribution in [0.2, 0.25) is 0 Å². The van der Waals surface area contributed by atoms with E-state index in [1.54, 1.807) is 18.2 Å². The van der Waals surface area contributed by atoms with E-state index in [-0.39, 0.29) is 23.9 Å². The molecule has 2 heterocycles. The van der Waals surface area contributed by atoms with Crippen molar-refractivity contribution in [3.63, 3.8) is 0 Å². The number of carbonyl (C=O) groups is 1. The van der Waals surface area contributed by atoms with Gasteiger partial charge in [0.15, 0.2) is 0 Å². The molecule has 2 rings (SSSR count). The molecule has 0 aromatic carbocycles. The van der Waals surface area contributed by atoms with Gasteiger partial charge < -0.3 is 20.0 Å². The average Bonchev–Trinajstić information content (AvgIpc) is 3.01. The van der Waals surface area contributed by atoms with E-state index < -0.39 is 5.56 Å². The minimum atomic E-state index is -0.428. The second-order valence-electron chi connectivity index (χ2n) is 4.60. The molecular weight excluding hydrogens is 306 g/mol. The maximum atomic E-state index is 11.9. The number of hydrogen-bond acceptors (Lipinski definition) is 4. The van der Waals surface area contributed by atoms with Gasteiger partial charge in [0, 0.05) is 13.1 Å². The summed E-state index contributed by atoms with van der Waals surface area (Å²) in [4.78, 5) is 26.5. The number of pyridine rings is 1. The van der Waals surface area contributed by atoms with Crippen LogP contribution in [0.15, 0.2) is 39.7 Å². The Bertz CT molecular complexity index is 638. The Labute approximate surface area is 134 Å². The largest absolute Gasteiger partial charge is 0.463 e. The third-order valence-electron chi connectivity index (χ3n) is 2.95. The molecule has 0 aliphatic carbocycles. The van der Waals surface area contributed by atoms with Crippen molar-refractivity contribution in [3.05, 3.63) is 46.4 Å². The van der Waals surface area contributed by atoms with Crippen molar-refractivity contribution in [2.45, 2.75) is 13.3 Å². The fraction of sp³-hybridized carbons (Fsp3) is 0.333. The van der Waals surface area contributed by atoms with Gasteiger partial charge in [-0.2, -0.15) is 0 Å². The van der Waals surface area contributed by atoms with Crippen molar-refractivity contribution < 1.29 is 9.21 Å². The predicted molar refractivity (Wildman–Crippen MR) is 87.5 cm³/mol. The average molecular weight is 326 g/mol. The van der Waals surface area contributed by atoms with E-state index in [9.17, 15) is 9.59 Å². The molecule has 0 aliphatic heterocycles. The van der Waals surface area contributed by atoms with Gasteiger partial charge in [0.1, 0.15) is 11.3 Å². The minimum absolute atomic E-state index is 0. The lowest BCUT2D eigenvalue weighted by Crippen LogP contribution is -2.34. The monoisotopic (exact) mass is 325 g/mol. The molecule has 1 amide bonds. The zero-order chi connectivity index (χ0) is 15.1. The summed E-state index contributed by atoms with van der Waals surface area (Å²) in [6.45, 7) is 4.15. The van der Waals surface area contributed by atoms with E-state index in [2.05, 4.69) is 22.5 Å². The van der Waals surface area contributed by atoms with Crippen molar-refractivity contribution in [3.8, 4) is 11.5 Å². The van der Waals surface area contributed by atoms with Gasteiger partial charge in [-0.25, -0.2) is 0 Å². The summed E-state index contributed by atoms with van der Waals surface area (Å²) in [5.74, 6) is 0.184. The summed E-state index contributed by atoms with van der Waals surface area (Å²) in [5, 5.41) is 5.88. The quantitative estimate of drug-likeness (QED) is 0.677. The van der Waals surface area contributed by atoms with E-state index in [0.29, 0.717) is 24.5 Å². The molecule has 0 saturated heterocycles. The Morgan fingerprint density at radius 2 is 2.05 bits per heavy atom. The number of carbonyl (C=O) groups excluding carboxylic acids is 1. The van der Waals surface area contributed by atoms with Crippen LogP contribution in [0.3, 0.4) is 0 Å². The highest BCUT2D eigenvalue weighted by atomic mass is 35.5. The molecule has 0 unspecified atom stereocenters. The summed E-state index contributed by atoms with van der Waals surface area (Å²) >= 11 is 0. The lowest BCUT2D eigenvalue weighted by molar-refractivity contribution is 0.0952. The fourth-order valence-electron chi connectivity index (χ4n) is 1.89. The van der Waals surface area contributed by atoms with Gasteiger partial charge in [-0.3, -0.25) is 9.59 Å². The standard InChI is InChI=1S/C15H19N3O3.ClH/c1-2-7-16-8-9-17-14(19)11-5-6-12(18-15(11)20)13-4-3-10-21-13;/h3-6,10,16H,2,7-9H2,1H3,(H,17,19)(H,18,20);1H. The normalized spacial score (nSPS) is 10.0. The Hall–Kier alpha value is -2.05. The third-order valence-corrected chi connectivity index (χ3v) is 2.95. The highest BCUT2D eigenvalue weighted by Gasteiger charge is 2.11. The zero-order valence-electron chi connectivity index (χ0n) is 12.3. The minimum Gasteiger partial charge on any atom is -0.463 e. The molecule has 6 nitrogen and oxygen atoms in total. The van der Waals surface area contributed by atoms with Gasteiger partial charge in [-0.1, -0.05) is 6.92 Å². The molecule has 0 spiro atoms. The molecule has 0 saturated carbocycles. The molecule has 0 bridgehead atoms. The van der Waals surface area contributed by atoms with E-state index in [1.807, 2.05) is 0 Å². The molecule has 3 N–H and O–H groups in total. The zero-order valence-corrected chi connectivity index (χ0v) is 13.2. The summed E-state index contributed by atoms with van der Waals surface area (Å²) in [6.07, 6.45) is 2.57. The molecule has 0 atom stereocenters. The van der Waals surface area contributed by atoms with Crippen molar-refractivity contribution in [2.24, 2.45) is 0 Å². The topological polar surface area (TPSA) is 87.1 Å². The lowest BCUT2D eigenvalue weighted by atomic mass is 10.2. The third kappa shape index (κ3) is 4.75. The Balaban J connectivity index is 0.00000242. The van der Waals surface area contributed by atoms with Crippen molar-refractivity contribution in [2.75, 3.05) is 19.6 Å². The van der Waals surface area contributed by atoms with Crippen molar-refractivity contribution in [1.82, 2.24) is 15.6 Å². The number of aromatic nitrogens is 1. The Morgan fingerprint density at radius 3 is 2.68 bits per heavy atom. The number of aromatic amines is 1. The predicted octanol–water partition coefficient (Wildman–Crippen LogP) is 1.79. The molecule has 0 aliphatic rings. The number of H-pyrrole nitrogens is 1. The van der Waals surface area contributed by atoms with E-state index in [0.717, 1.165) is 13.0 Å². The van der Waals surface area contributed by atoms with Crippen molar-refractivity contribution in [1.29, 1.82) is 0 Å². The van der Waals surface area contributed by atoms with Gasteiger partial charge in [0.05, 0.1) is 12.0 Å². The Kier molecular flexibility index (Phi) is 7.42. The molecular formula is C15H20ClN3O3. The summed E-state index contributed by atoms with van der Waals surface area (Å²) in [5.41, 5.74) is 0.217. The molecule has 2 aromatic heterocycles. The van der Waals surface area contributed by atoms with E-state index in [4.69, 9.17) is 4.42 Å². The van der Waals surface area contributed by atoms with Crippen LogP contribution >= 0.6 is 12.4 Å². The molecule has 22 heavy (non-hydrogen) atoms. The second-order valence-corrected chi connectivity index (χ2v) is 4.60. The highest BCUT2D eigenvalue weighted by Crippen LogP contribution is 2.15. The van der Waals surface area contributed by atoms with Crippen molar-refractivity contribution >= 4 is 18.3 Å². The number of halogens is 1. The van der Waals surface area contributed by atoms with Crippen LogP contribution in [0, 0.1) is 0 Å². The second kappa shape index (κ2) is 9.07. The van der Waals surface area contributed by atoms with Crippen LogP contribution in [0.5, 0.6) is 0 Å².